The SMILES string of the molecule is Cc1ccc2c(c1)[se]c1c3ccc(C)cc3[se]c21. The fraction of sp³-hybridized carbons (Fsp3) is 0.125. The number of benzene rings is 2. The molecule has 0 radical (unpaired) electrons. The first-order valence-electron chi connectivity index (χ1n) is 6.04. The molecule has 18 heavy (non-hydrogen) atoms. The molecule has 88 valence electrons. The van der Waals surface area contributed by atoms with E-state index in [1.165, 1.54) is 11.1 Å². The monoisotopic (exact) mass is 364 g/mol. The Morgan fingerprint density at radius 3 is 1.56 bits per heavy atom. The second-order valence-corrected chi connectivity index (χ2v) is 9.28. The molecule has 0 N–H and O–H groups in total. The molecule has 0 aliphatic heterocycles. The molecular weight excluding hydrogens is 350 g/mol. The Labute approximate surface area is 118 Å². The van der Waals surface area contributed by atoms with Crippen molar-refractivity contribution in [1.82, 2.24) is 0 Å². The number of rotatable bonds is 0. The summed E-state index contributed by atoms with van der Waals surface area (Å²) in [5.74, 6) is 0. The molecule has 0 aliphatic carbocycles. The Kier molecular flexibility index (Phi) is 2.37. The Balaban J connectivity index is 2.23. The van der Waals surface area contributed by atoms with Crippen molar-refractivity contribution in [3.05, 3.63) is 47.5 Å². The van der Waals surface area contributed by atoms with E-state index in [0.717, 1.165) is 0 Å². The van der Waals surface area contributed by atoms with E-state index >= 15 is 0 Å². The van der Waals surface area contributed by atoms with Gasteiger partial charge in [-0.2, -0.15) is 0 Å². The topological polar surface area (TPSA) is 0 Å². The zero-order chi connectivity index (χ0) is 12.3. The summed E-state index contributed by atoms with van der Waals surface area (Å²) < 4.78 is 6.53. The number of hydrogen-bond acceptors (Lipinski definition) is 0. The van der Waals surface area contributed by atoms with Gasteiger partial charge < -0.3 is 0 Å². The maximum absolute atomic E-state index is 2.39. The first kappa shape index (κ1) is 11.1. The number of fused-ring (bicyclic) bond motifs is 5. The van der Waals surface area contributed by atoms with Gasteiger partial charge in [-0.25, -0.2) is 0 Å². The molecule has 0 aliphatic rings. The fourth-order valence-electron chi connectivity index (χ4n) is 2.47. The molecule has 4 aromatic rings. The maximum atomic E-state index is 2.39. The van der Waals surface area contributed by atoms with Gasteiger partial charge in [0, 0.05) is 0 Å². The van der Waals surface area contributed by atoms with E-state index in [9.17, 15) is 0 Å². The summed E-state index contributed by atoms with van der Waals surface area (Å²) in [7, 11) is 0. The Bertz CT molecular complexity index is 818. The van der Waals surface area contributed by atoms with Gasteiger partial charge in [0.25, 0.3) is 0 Å². The molecule has 0 saturated heterocycles. The van der Waals surface area contributed by atoms with Gasteiger partial charge in [-0.05, 0) is 0 Å². The second kappa shape index (κ2) is 3.85. The molecule has 2 heteroatoms. The standard InChI is InChI=1S/C16H12Se2/c1-9-3-5-11-13(7-9)17-16-12-6-4-10(2)8-14(12)18-15(11)16/h3-8H,1-2H3. The van der Waals surface area contributed by atoms with Crippen LogP contribution in [0.4, 0.5) is 0 Å². The van der Waals surface area contributed by atoms with Gasteiger partial charge >= 0.3 is 118 Å². The van der Waals surface area contributed by atoms with Gasteiger partial charge in [0.2, 0.25) is 0 Å². The van der Waals surface area contributed by atoms with Crippen LogP contribution in [-0.4, -0.2) is 29.0 Å². The van der Waals surface area contributed by atoms with Crippen LogP contribution in [0.25, 0.3) is 27.8 Å². The molecule has 4 rings (SSSR count). The Morgan fingerprint density at radius 1 is 0.667 bits per heavy atom. The molecule has 0 amide bonds. The average molecular weight is 362 g/mol. The predicted molar refractivity (Wildman–Crippen MR) is 82.3 cm³/mol. The van der Waals surface area contributed by atoms with E-state index in [0.29, 0.717) is 29.0 Å². The van der Waals surface area contributed by atoms with Crippen LogP contribution in [0.3, 0.4) is 0 Å². The fourth-order valence-corrected chi connectivity index (χ4v) is 9.22. The third kappa shape index (κ3) is 1.50. The summed E-state index contributed by atoms with van der Waals surface area (Å²) in [4.78, 5) is 0. The minimum absolute atomic E-state index is 0.527. The Hall–Kier alpha value is -0.781. The van der Waals surface area contributed by atoms with E-state index in [4.69, 9.17) is 0 Å². The first-order valence-corrected chi connectivity index (χ1v) is 9.47. The molecule has 2 aromatic carbocycles. The zero-order valence-corrected chi connectivity index (χ0v) is 13.7. The minimum atomic E-state index is 0.527. The summed E-state index contributed by atoms with van der Waals surface area (Å²) >= 11 is 1.05. The van der Waals surface area contributed by atoms with Crippen molar-refractivity contribution in [2.75, 3.05) is 0 Å². The van der Waals surface area contributed by atoms with E-state index in [1.807, 2.05) is 0 Å². The summed E-state index contributed by atoms with van der Waals surface area (Å²) in [5, 5.41) is 3.09. The van der Waals surface area contributed by atoms with Gasteiger partial charge in [-0.15, -0.1) is 0 Å². The van der Waals surface area contributed by atoms with Gasteiger partial charge in [-0.1, -0.05) is 0 Å². The third-order valence-corrected chi connectivity index (χ3v) is 9.02. The Morgan fingerprint density at radius 2 is 1.11 bits per heavy atom. The van der Waals surface area contributed by atoms with Crippen LogP contribution in [0.15, 0.2) is 36.4 Å². The van der Waals surface area contributed by atoms with Crippen molar-refractivity contribution in [1.29, 1.82) is 0 Å². The molecular formula is C16H12Se2. The second-order valence-electron chi connectivity index (χ2n) is 4.86. The third-order valence-electron chi connectivity index (χ3n) is 3.39. The predicted octanol–water partition coefficient (Wildman–Crippen LogP) is 3.88. The van der Waals surface area contributed by atoms with Crippen molar-refractivity contribution < 1.29 is 0 Å². The van der Waals surface area contributed by atoms with Crippen LogP contribution >= 0.6 is 0 Å². The average Bonchev–Trinajstić information content (AvgIpc) is 2.83. The van der Waals surface area contributed by atoms with Crippen LogP contribution < -0.4 is 0 Å². The van der Waals surface area contributed by atoms with Crippen LogP contribution in [0.1, 0.15) is 11.1 Å². The van der Waals surface area contributed by atoms with Crippen molar-refractivity contribution in [3.8, 4) is 0 Å². The molecule has 0 unspecified atom stereocenters. The van der Waals surface area contributed by atoms with Gasteiger partial charge in [0.05, 0.1) is 0 Å². The van der Waals surface area contributed by atoms with Crippen LogP contribution in [0, 0.1) is 13.8 Å². The van der Waals surface area contributed by atoms with Crippen LogP contribution in [0.2, 0.25) is 0 Å². The van der Waals surface area contributed by atoms with Crippen LogP contribution in [0.5, 0.6) is 0 Å². The first-order chi connectivity index (χ1) is 8.72. The van der Waals surface area contributed by atoms with Crippen molar-refractivity contribution >= 4 is 56.8 Å². The van der Waals surface area contributed by atoms with Crippen molar-refractivity contribution in [2.24, 2.45) is 0 Å². The van der Waals surface area contributed by atoms with Gasteiger partial charge in [0.1, 0.15) is 0 Å². The molecule has 0 fully saturated rings. The van der Waals surface area contributed by atoms with E-state index in [1.54, 1.807) is 27.8 Å². The van der Waals surface area contributed by atoms with Gasteiger partial charge in [-0.3, -0.25) is 0 Å². The quantitative estimate of drug-likeness (QED) is 0.417. The normalized spacial score (nSPS) is 11.9. The molecule has 0 spiro atoms. The molecule has 0 nitrogen and oxygen atoms in total. The van der Waals surface area contributed by atoms with E-state index in [2.05, 4.69) is 50.2 Å². The van der Waals surface area contributed by atoms with E-state index < -0.39 is 0 Å². The number of aryl methyl sites for hydroxylation is 2. The van der Waals surface area contributed by atoms with Crippen LogP contribution in [-0.2, 0) is 0 Å². The molecule has 0 bridgehead atoms. The van der Waals surface area contributed by atoms with Crippen molar-refractivity contribution in [3.63, 3.8) is 0 Å². The summed E-state index contributed by atoms with van der Waals surface area (Å²) in [5.41, 5.74) is 2.79. The van der Waals surface area contributed by atoms with Crippen molar-refractivity contribution in [2.45, 2.75) is 13.8 Å². The zero-order valence-electron chi connectivity index (χ0n) is 10.3. The molecule has 2 heterocycles. The molecule has 0 atom stereocenters. The number of hydrogen-bond donors (Lipinski definition) is 0. The summed E-state index contributed by atoms with van der Waals surface area (Å²) in [6, 6.07) is 14.0. The van der Waals surface area contributed by atoms with Gasteiger partial charge in [0.15, 0.2) is 0 Å². The molecule has 2 aromatic heterocycles. The molecule has 0 saturated carbocycles. The summed E-state index contributed by atoms with van der Waals surface area (Å²) in [6.45, 7) is 4.39. The summed E-state index contributed by atoms with van der Waals surface area (Å²) in [6.07, 6.45) is 0. The van der Waals surface area contributed by atoms with E-state index in [-0.39, 0.29) is 0 Å².